The van der Waals surface area contributed by atoms with E-state index in [1.54, 1.807) is 7.11 Å². The molecule has 3 heteroatoms. The van der Waals surface area contributed by atoms with Crippen molar-refractivity contribution in [2.75, 3.05) is 12.9 Å². The SMILES string of the molecule is COc1ccc2c(c1)C(Br)CCS2. The number of hydrogen-bond acceptors (Lipinski definition) is 2. The van der Waals surface area contributed by atoms with Crippen LogP contribution in [0.25, 0.3) is 0 Å². The Morgan fingerprint density at radius 2 is 2.38 bits per heavy atom. The minimum absolute atomic E-state index is 0.499. The topological polar surface area (TPSA) is 9.23 Å². The van der Waals surface area contributed by atoms with Gasteiger partial charge in [0.1, 0.15) is 5.75 Å². The van der Waals surface area contributed by atoms with Gasteiger partial charge in [0.25, 0.3) is 0 Å². The van der Waals surface area contributed by atoms with Crippen LogP contribution in [0, 0.1) is 0 Å². The van der Waals surface area contributed by atoms with Gasteiger partial charge in [-0.3, -0.25) is 0 Å². The van der Waals surface area contributed by atoms with Crippen LogP contribution in [-0.4, -0.2) is 12.9 Å². The molecule has 0 amide bonds. The molecular weight excluding hydrogens is 248 g/mol. The largest absolute Gasteiger partial charge is 0.497 e. The van der Waals surface area contributed by atoms with Crippen molar-refractivity contribution in [2.45, 2.75) is 16.1 Å². The molecule has 0 radical (unpaired) electrons. The Bertz CT molecular complexity index is 314. The lowest BCUT2D eigenvalue weighted by Crippen LogP contribution is -2.01. The molecule has 0 saturated heterocycles. The molecule has 13 heavy (non-hydrogen) atoms. The molecule has 1 aliphatic heterocycles. The van der Waals surface area contributed by atoms with E-state index >= 15 is 0 Å². The van der Waals surface area contributed by atoms with Gasteiger partial charge < -0.3 is 4.74 Å². The maximum Gasteiger partial charge on any atom is 0.119 e. The summed E-state index contributed by atoms with van der Waals surface area (Å²) in [7, 11) is 1.71. The number of halogens is 1. The lowest BCUT2D eigenvalue weighted by Gasteiger charge is -2.20. The van der Waals surface area contributed by atoms with Crippen LogP contribution < -0.4 is 4.74 Å². The summed E-state index contributed by atoms with van der Waals surface area (Å²) >= 11 is 5.61. The molecule has 70 valence electrons. The molecule has 1 unspecified atom stereocenters. The van der Waals surface area contributed by atoms with Crippen LogP contribution in [0.3, 0.4) is 0 Å². The average Bonchev–Trinajstić information content (AvgIpc) is 2.18. The van der Waals surface area contributed by atoms with Gasteiger partial charge in [-0.1, -0.05) is 15.9 Å². The molecule has 0 aromatic heterocycles. The zero-order chi connectivity index (χ0) is 9.26. The first kappa shape index (κ1) is 9.41. The van der Waals surface area contributed by atoms with E-state index in [0.29, 0.717) is 4.83 Å². The third kappa shape index (κ3) is 1.86. The Morgan fingerprint density at radius 3 is 3.15 bits per heavy atom. The first-order valence-corrected chi connectivity index (χ1v) is 6.16. The molecule has 1 aromatic carbocycles. The minimum Gasteiger partial charge on any atom is -0.497 e. The molecule has 1 aromatic rings. The fourth-order valence-corrected chi connectivity index (χ4v) is 3.63. The molecule has 1 aliphatic rings. The zero-order valence-corrected chi connectivity index (χ0v) is 9.82. The van der Waals surface area contributed by atoms with Gasteiger partial charge in [-0.15, -0.1) is 11.8 Å². The fourth-order valence-electron chi connectivity index (χ4n) is 1.46. The molecule has 1 heterocycles. The molecule has 0 bridgehead atoms. The highest BCUT2D eigenvalue weighted by Crippen LogP contribution is 2.42. The van der Waals surface area contributed by atoms with Gasteiger partial charge in [0.15, 0.2) is 0 Å². The number of benzene rings is 1. The Hall–Kier alpha value is -0.150. The summed E-state index contributed by atoms with van der Waals surface area (Å²) in [5.74, 6) is 2.15. The van der Waals surface area contributed by atoms with E-state index in [1.165, 1.54) is 22.6 Å². The molecular formula is C10H11BrOS. The normalized spacial score (nSPS) is 20.9. The third-order valence-electron chi connectivity index (χ3n) is 2.18. The monoisotopic (exact) mass is 258 g/mol. The Labute approximate surface area is 91.0 Å². The minimum atomic E-state index is 0.499. The van der Waals surface area contributed by atoms with Gasteiger partial charge in [-0.05, 0) is 35.9 Å². The van der Waals surface area contributed by atoms with Crippen LogP contribution in [0.15, 0.2) is 23.1 Å². The Morgan fingerprint density at radius 1 is 1.54 bits per heavy atom. The molecule has 0 saturated carbocycles. The number of alkyl halides is 1. The van der Waals surface area contributed by atoms with Crippen molar-refractivity contribution in [1.82, 2.24) is 0 Å². The van der Waals surface area contributed by atoms with Crippen molar-refractivity contribution in [3.63, 3.8) is 0 Å². The summed E-state index contributed by atoms with van der Waals surface area (Å²) in [4.78, 5) is 1.88. The standard InChI is InChI=1S/C10H11BrOS/c1-12-7-2-3-10-8(6-7)9(11)4-5-13-10/h2-3,6,9H,4-5H2,1H3. The second kappa shape index (κ2) is 3.93. The van der Waals surface area contributed by atoms with E-state index in [4.69, 9.17) is 4.74 Å². The predicted octanol–water partition coefficient (Wildman–Crippen LogP) is 3.63. The van der Waals surface area contributed by atoms with Crippen LogP contribution in [0.5, 0.6) is 5.75 Å². The number of thioether (sulfide) groups is 1. The van der Waals surface area contributed by atoms with E-state index < -0.39 is 0 Å². The summed E-state index contributed by atoms with van der Waals surface area (Å²) < 4.78 is 5.20. The Kier molecular flexibility index (Phi) is 2.84. The van der Waals surface area contributed by atoms with Crippen molar-refractivity contribution in [3.05, 3.63) is 23.8 Å². The van der Waals surface area contributed by atoms with Crippen molar-refractivity contribution in [1.29, 1.82) is 0 Å². The molecule has 0 fully saturated rings. The van der Waals surface area contributed by atoms with Gasteiger partial charge in [-0.2, -0.15) is 0 Å². The maximum atomic E-state index is 5.20. The van der Waals surface area contributed by atoms with Crippen LogP contribution >= 0.6 is 27.7 Å². The van der Waals surface area contributed by atoms with Crippen LogP contribution in [0.4, 0.5) is 0 Å². The molecule has 0 spiro atoms. The van der Waals surface area contributed by atoms with Crippen LogP contribution in [-0.2, 0) is 0 Å². The quantitative estimate of drug-likeness (QED) is 0.712. The van der Waals surface area contributed by atoms with Gasteiger partial charge >= 0.3 is 0 Å². The van der Waals surface area contributed by atoms with Gasteiger partial charge in [0, 0.05) is 9.72 Å². The van der Waals surface area contributed by atoms with E-state index in [9.17, 15) is 0 Å². The zero-order valence-electron chi connectivity index (χ0n) is 7.42. The smallest absolute Gasteiger partial charge is 0.119 e. The highest BCUT2D eigenvalue weighted by molar-refractivity contribution is 9.09. The predicted molar refractivity (Wildman–Crippen MR) is 60.0 cm³/mol. The summed E-state index contributed by atoms with van der Waals surface area (Å²) in [5.41, 5.74) is 1.37. The van der Waals surface area contributed by atoms with Crippen molar-refractivity contribution in [3.8, 4) is 5.75 Å². The summed E-state index contributed by atoms with van der Waals surface area (Å²) in [6.45, 7) is 0. The first-order chi connectivity index (χ1) is 6.31. The van der Waals surface area contributed by atoms with Crippen molar-refractivity contribution < 1.29 is 4.74 Å². The fraction of sp³-hybridized carbons (Fsp3) is 0.400. The highest BCUT2D eigenvalue weighted by Gasteiger charge is 2.18. The third-order valence-corrected chi connectivity index (χ3v) is 4.26. The highest BCUT2D eigenvalue weighted by atomic mass is 79.9. The Balaban J connectivity index is 2.41. The molecule has 0 N–H and O–H groups in total. The number of methoxy groups -OCH3 is 1. The van der Waals surface area contributed by atoms with Gasteiger partial charge in [0.2, 0.25) is 0 Å². The first-order valence-electron chi connectivity index (χ1n) is 4.26. The second-order valence-electron chi connectivity index (χ2n) is 3.01. The number of ether oxygens (including phenoxy) is 1. The number of fused-ring (bicyclic) bond motifs is 1. The van der Waals surface area contributed by atoms with E-state index in [2.05, 4.69) is 28.1 Å². The molecule has 1 atom stereocenters. The van der Waals surface area contributed by atoms with E-state index in [-0.39, 0.29) is 0 Å². The van der Waals surface area contributed by atoms with Crippen molar-refractivity contribution in [2.24, 2.45) is 0 Å². The van der Waals surface area contributed by atoms with E-state index in [0.717, 1.165) is 5.75 Å². The lowest BCUT2D eigenvalue weighted by atomic mass is 10.1. The second-order valence-corrected chi connectivity index (χ2v) is 5.25. The van der Waals surface area contributed by atoms with Gasteiger partial charge in [-0.25, -0.2) is 0 Å². The number of hydrogen-bond donors (Lipinski definition) is 0. The van der Waals surface area contributed by atoms with Crippen LogP contribution in [0.2, 0.25) is 0 Å². The summed E-state index contributed by atoms with van der Waals surface area (Å²) in [5, 5.41) is 0. The van der Waals surface area contributed by atoms with Gasteiger partial charge in [0.05, 0.1) is 7.11 Å². The summed E-state index contributed by atoms with van der Waals surface area (Å²) in [6.07, 6.45) is 1.20. The van der Waals surface area contributed by atoms with Crippen LogP contribution in [0.1, 0.15) is 16.8 Å². The van der Waals surface area contributed by atoms with E-state index in [1.807, 2.05) is 17.8 Å². The average molecular weight is 259 g/mol. The molecule has 1 nitrogen and oxygen atoms in total. The number of rotatable bonds is 1. The summed E-state index contributed by atoms with van der Waals surface area (Å²) in [6, 6.07) is 6.30. The van der Waals surface area contributed by atoms with Crippen molar-refractivity contribution >= 4 is 27.7 Å². The molecule has 0 aliphatic carbocycles. The molecule has 2 rings (SSSR count). The maximum absolute atomic E-state index is 5.20. The lowest BCUT2D eigenvalue weighted by molar-refractivity contribution is 0.413.